The summed E-state index contributed by atoms with van der Waals surface area (Å²) in [5, 5.41) is 6.79. The van der Waals surface area contributed by atoms with Crippen molar-refractivity contribution >= 4 is 34.2 Å². The van der Waals surface area contributed by atoms with Crippen LogP contribution in [0.1, 0.15) is 49.4 Å². The van der Waals surface area contributed by atoms with Gasteiger partial charge in [0.25, 0.3) is 0 Å². The van der Waals surface area contributed by atoms with Crippen LogP contribution in [-0.2, 0) is 20.8 Å². The highest BCUT2D eigenvalue weighted by Crippen LogP contribution is 2.47. The number of amides is 3. The molecule has 0 saturated carbocycles. The number of anilines is 1. The Kier molecular flexibility index (Phi) is 7.04. The van der Waals surface area contributed by atoms with Crippen molar-refractivity contribution in [2.45, 2.75) is 52.1 Å². The van der Waals surface area contributed by atoms with Gasteiger partial charge in [-0.2, -0.15) is 0 Å². The molecule has 0 spiro atoms. The molecule has 4 rings (SSSR count). The van der Waals surface area contributed by atoms with Gasteiger partial charge in [0, 0.05) is 50.3 Å². The Bertz CT molecular complexity index is 1070. The maximum absolute atomic E-state index is 13.1. The van der Waals surface area contributed by atoms with E-state index < -0.39 is 5.54 Å². The van der Waals surface area contributed by atoms with Crippen LogP contribution in [0.4, 0.5) is 5.13 Å². The second-order valence-electron chi connectivity index (χ2n) is 9.36. The zero-order valence-corrected chi connectivity index (χ0v) is 21.1. The Hall–Kier alpha value is -2.78. The summed E-state index contributed by atoms with van der Waals surface area (Å²) in [6, 6.07) is 10.1. The second-order valence-corrected chi connectivity index (χ2v) is 10.6. The highest BCUT2D eigenvalue weighted by Gasteiger charge is 2.56. The number of nitrogens with zero attached hydrogens (tertiary/aromatic N) is 3. The van der Waals surface area contributed by atoms with Crippen LogP contribution in [0.25, 0.3) is 0 Å². The van der Waals surface area contributed by atoms with E-state index in [0.29, 0.717) is 24.8 Å². The monoisotopic (exact) mass is 483 g/mol. The summed E-state index contributed by atoms with van der Waals surface area (Å²) in [6.07, 6.45) is 1.58. The highest BCUT2D eigenvalue weighted by molar-refractivity contribution is 7.15. The minimum atomic E-state index is -0.607. The topological polar surface area (TPSA) is 94.6 Å². The van der Waals surface area contributed by atoms with E-state index in [1.807, 2.05) is 30.0 Å². The average Bonchev–Trinajstić information content (AvgIpc) is 3.28. The Morgan fingerprint density at radius 3 is 2.53 bits per heavy atom. The third-order valence-corrected chi connectivity index (χ3v) is 7.91. The number of rotatable bonds is 6. The molecule has 2 N–H and O–H groups in total. The molecule has 2 fully saturated rings. The molecule has 1 aromatic carbocycles. The van der Waals surface area contributed by atoms with Gasteiger partial charge in [0.05, 0.1) is 17.8 Å². The molecule has 2 aromatic rings. The van der Waals surface area contributed by atoms with Gasteiger partial charge in [-0.3, -0.25) is 19.3 Å². The standard InChI is InChI=1S/C25H33N5O3S/c1-5-21-16(2)34-24(26-21)27-22(33)13-30-15-25(28-17(3)31)14-29(18(4)32)12-11-20(25)23(30)19-9-7-6-8-10-19/h6-10,20,23H,5,11-15H2,1-4H3,(H,28,31)(H,26,27,33)/t20-,23-,25-/m1/s1. The number of piperidine rings is 1. The third-order valence-electron chi connectivity index (χ3n) is 6.98. The Morgan fingerprint density at radius 2 is 1.91 bits per heavy atom. The van der Waals surface area contributed by atoms with Crippen LogP contribution in [0.3, 0.4) is 0 Å². The van der Waals surface area contributed by atoms with E-state index in [1.165, 1.54) is 18.3 Å². The van der Waals surface area contributed by atoms with Crippen molar-refractivity contribution in [2.75, 3.05) is 31.5 Å². The number of hydrogen-bond acceptors (Lipinski definition) is 6. The summed E-state index contributed by atoms with van der Waals surface area (Å²) < 4.78 is 0. The van der Waals surface area contributed by atoms with Crippen molar-refractivity contribution in [3.63, 3.8) is 0 Å². The van der Waals surface area contributed by atoms with E-state index >= 15 is 0 Å². The SMILES string of the molecule is CCc1nc(NC(=O)CN2C[C@]3(NC(C)=O)CN(C(C)=O)CC[C@@H]3[C@H]2c2ccccc2)sc1C. The molecule has 9 heteroatoms. The summed E-state index contributed by atoms with van der Waals surface area (Å²) in [5.74, 6) is -0.172. The van der Waals surface area contributed by atoms with Crippen LogP contribution in [-0.4, -0.2) is 64.2 Å². The molecule has 0 bridgehead atoms. The zero-order valence-electron chi connectivity index (χ0n) is 20.3. The number of aromatic nitrogens is 1. The molecule has 0 aliphatic carbocycles. The largest absolute Gasteiger partial charge is 0.347 e. The van der Waals surface area contributed by atoms with Crippen LogP contribution < -0.4 is 10.6 Å². The molecular formula is C25H33N5O3S. The lowest BCUT2D eigenvalue weighted by Gasteiger charge is -2.45. The fourth-order valence-electron chi connectivity index (χ4n) is 5.64. The maximum atomic E-state index is 13.1. The van der Waals surface area contributed by atoms with E-state index in [1.54, 1.807) is 6.92 Å². The van der Waals surface area contributed by atoms with Gasteiger partial charge < -0.3 is 15.5 Å². The third kappa shape index (κ3) is 4.86. The normalized spacial score (nSPS) is 24.5. The minimum absolute atomic E-state index is 0.00139. The predicted molar refractivity (Wildman–Crippen MR) is 133 cm³/mol. The number of carbonyl (C=O) groups excluding carboxylic acids is 3. The van der Waals surface area contributed by atoms with Crippen LogP contribution in [0.15, 0.2) is 30.3 Å². The van der Waals surface area contributed by atoms with E-state index in [9.17, 15) is 14.4 Å². The molecule has 2 aliphatic heterocycles. The molecule has 0 radical (unpaired) electrons. The van der Waals surface area contributed by atoms with Crippen LogP contribution in [0.5, 0.6) is 0 Å². The van der Waals surface area contributed by atoms with Crippen molar-refractivity contribution < 1.29 is 14.4 Å². The molecule has 2 saturated heterocycles. The first-order valence-electron chi connectivity index (χ1n) is 11.8. The second kappa shape index (κ2) is 9.84. The van der Waals surface area contributed by atoms with E-state index in [0.717, 1.165) is 29.0 Å². The van der Waals surface area contributed by atoms with E-state index in [-0.39, 0.29) is 36.2 Å². The van der Waals surface area contributed by atoms with Crippen molar-refractivity contribution in [2.24, 2.45) is 5.92 Å². The number of fused-ring (bicyclic) bond motifs is 1. The summed E-state index contributed by atoms with van der Waals surface area (Å²) in [5.41, 5.74) is 1.51. The summed E-state index contributed by atoms with van der Waals surface area (Å²) in [7, 11) is 0. The molecule has 1 aromatic heterocycles. The van der Waals surface area contributed by atoms with Gasteiger partial charge >= 0.3 is 0 Å². The van der Waals surface area contributed by atoms with Crippen molar-refractivity contribution in [3.8, 4) is 0 Å². The number of benzene rings is 1. The number of hydrogen-bond donors (Lipinski definition) is 2. The van der Waals surface area contributed by atoms with Gasteiger partial charge in [0.2, 0.25) is 17.7 Å². The van der Waals surface area contributed by atoms with Gasteiger partial charge in [-0.05, 0) is 25.3 Å². The highest BCUT2D eigenvalue weighted by atomic mass is 32.1. The van der Waals surface area contributed by atoms with Crippen molar-refractivity contribution in [1.29, 1.82) is 0 Å². The number of aryl methyl sites for hydroxylation is 2. The van der Waals surface area contributed by atoms with Crippen LogP contribution in [0.2, 0.25) is 0 Å². The quantitative estimate of drug-likeness (QED) is 0.659. The number of nitrogens with one attached hydrogen (secondary N) is 2. The van der Waals surface area contributed by atoms with Gasteiger partial charge in [0.1, 0.15) is 0 Å². The molecule has 3 atom stereocenters. The van der Waals surface area contributed by atoms with Crippen LogP contribution in [0, 0.1) is 12.8 Å². The molecular weight excluding hydrogens is 450 g/mol. The maximum Gasteiger partial charge on any atom is 0.240 e. The minimum Gasteiger partial charge on any atom is -0.347 e. The average molecular weight is 484 g/mol. The molecule has 182 valence electrons. The number of likely N-dealkylation sites (tertiary alicyclic amines) is 2. The molecule has 8 nitrogen and oxygen atoms in total. The van der Waals surface area contributed by atoms with Gasteiger partial charge in [-0.25, -0.2) is 4.98 Å². The Labute approximate surface area is 204 Å². The zero-order chi connectivity index (χ0) is 24.5. The summed E-state index contributed by atoms with van der Waals surface area (Å²) in [6.45, 7) is 8.90. The summed E-state index contributed by atoms with van der Waals surface area (Å²) in [4.78, 5) is 47.2. The Morgan fingerprint density at radius 1 is 1.18 bits per heavy atom. The van der Waals surface area contributed by atoms with Gasteiger partial charge in [0.15, 0.2) is 5.13 Å². The predicted octanol–water partition coefficient (Wildman–Crippen LogP) is 2.75. The smallest absolute Gasteiger partial charge is 0.240 e. The Balaban J connectivity index is 1.63. The van der Waals surface area contributed by atoms with E-state index in [2.05, 4.69) is 39.6 Å². The molecule has 3 heterocycles. The van der Waals surface area contributed by atoms with Gasteiger partial charge in [-0.15, -0.1) is 11.3 Å². The first-order chi connectivity index (χ1) is 16.2. The lowest BCUT2D eigenvalue weighted by Crippen LogP contribution is -2.64. The first-order valence-corrected chi connectivity index (χ1v) is 12.6. The van der Waals surface area contributed by atoms with Crippen molar-refractivity contribution in [3.05, 3.63) is 46.5 Å². The lowest BCUT2D eigenvalue weighted by atomic mass is 9.75. The lowest BCUT2D eigenvalue weighted by molar-refractivity contribution is -0.134. The number of thiazole rings is 1. The van der Waals surface area contributed by atoms with E-state index in [4.69, 9.17) is 0 Å². The molecule has 34 heavy (non-hydrogen) atoms. The molecule has 3 amide bonds. The molecule has 0 unspecified atom stereocenters. The van der Waals surface area contributed by atoms with Crippen LogP contribution >= 0.6 is 11.3 Å². The number of carbonyl (C=O) groups is 3. The summed E-state index contributed by atoms with van der Waals surface area (Å²) >= 11 is 1.49. The van der Waals surface area contributed by atoms with Gasteiger partial charge in [-0.1, -0.05) is 37.3 Å². The fourth-order valence-corrected chi connectivity index (χ4v) is 6.56. The fraction of sp³-hybridized carbons (Fsp3) is 0.520. The first kappa shape index (κ1) is 24.3. The van der Waals surface area contributed by atoms with Crippen molar-refractivity contribution in [1.82, 2.24) is 20.1 Å². The molecule has 2 aliphatic rings.